The molecule has 1 N–H and O–H groups in total. The molecule has 0 saturated carbocycles. The number of carbonyl (C=O) groups excluding carboxylic acids is 1. The Labute approximate surface area is 133 Å². The number of nitrogens with one attached hydrogen (secondary N) is 1. The zero-order valence-electron chi connectivity index (χ0n) is 12.7. The largest absolute Gasteiger partial charge is 0.378 e. The van der Waals surface area contributed by atoms with E-state index in [4.69, 9.17) is 4.74 Å². The van der Waals surface area contributed by atoms with Crippen LogP contribution in [0.4, 0.5) is 0 Å². The molecule has 5 heteroatoms. The van der Waals surface area contributed by atoms with Crippen LogP contribution in [0.3, 0.4) is 0 Å². The smallest absolute Gasteiger partial charge is 0.224 e. The van der Waals surface area contributed by atoms with Crippen LogP contribution in [0, 0.1) is 0 Å². The third-order valence-electron chi connectivity index (χ3n) is 3.56. The van der Waals surface area contributed by atoms with Crippen LogP contribution < -0.4 is 5.32 Å². The molecule has 0 bridgehead atoms. The first kappa shape index (κ1) is 18.0. The monoisotopic (exact) mass is 312 g/mol. The Morgan fingerprint density at radius 1 is 1.38 bits per heavy atom. The minimum Gasteiger partial charge on any atom is -0.378 e. The van der Waals surface area contributed by atoms with Crippen molar-refractivity contribution in [3.8, 4) is 0 Å². The lowest BCUT2D eigenvalue weighted by molar-refractivity contribution is -0.134. The third-order valence-corrected chi connectivity index (χ3v) is 3.56. The Balaban J connectivity index is 0.00000220. The zero-order chi connectivity index (χ0) is 14.4. The van der Waals surface area contributed by atoms with E-state index in [-0.39, 0.29) is 30.4 Å². The number of morpholine rings is 1. The van der Waals surface area contributed by atoms with Crippen molar-refractivity contribution < 1.29 is 9.53 Å². The molecule has 1 aromatic carbocycles. The van der Waals surface area contributed by atoms with Gasteiger partial charge in [0, 0.05) is 31.6 Å². The number of hydrogen-bond donors (Lipinski definition) is 1. The standard InChI is InChI=1S/C16H24N2O2.ClH/c1-13(2)18(11-14-6-4-3-5-7-14)16(19)10-15-12-20-9-8-17-15;/h3-7,13,15,17H,8-12H2,1-2H3;1H. The van der Waals surface area contributed by atoms with Gasteiger partial charge in [0.15, 0.2) is 0 Å². The first-order valence-corrected chi connectivity index (χ1v) is 7.31. The predicted molar refractivity (Wildman–Crippen MR) is 86.6 cm³/mol. The van der Waals surface area contributed by atoms with Gasteiger partial charge in [0.2, 0.25) is 5.91 Å². The molecule has 1 heterocycles. The van der Waals surface area contributed by atoms with Crippen molar-refractivity contribution in [1.29, 1.82) is 0 Å². The summed E-state index contributed by atoms with van der Waals surface area (Å²) in [6.07, 6.45) is 0.505. The van der Waals surface area contributed by atoms with Crippen LogP contribution in [0.2, 0.25) is 0 Å². The molecule has 0 aromatic heterocycles. The average molecular weight is 313 g/mol. The second-order valence-corrected chi connectivity index (χ2v) is 5.53. The normalized spacial score (nSPS) is 18.1. The van der Waals surface area contributed by atoms with Gasteiger partial charge < -0.3 is 15.0 Å². The maximum absolute atomic E-state index is 12.5. The van der Waals surface area contributed by atoms with Gasteiger partial charge in [-0.05, 0) is 19.4 Å². The number of carbonyl (C=O) groups is 1. The Bertz CT molecular complexity index is 420. The van der Waals surface area contributed by atoms with Gasteiger partial charge in [-0.15, -0.1) is 12.4 Å². The van der Waals surface area contributed by atoms with E-state index in [1.54, 1.807) is 0 Å². The number of ether oxygens (including phenoxy) is 1. The lowest BCUT2D eigenvalue weighted by atomic mass is 10.1. The van der Waals surface area contributed by atoms with E-state index >= 15 is 0 Å². The van der Waals surface area contributed by atoms with Crippen LogP contribution >= 0.6 is 12.4 Å². The number of nitrogens with zero attached hydrogens (tertiary/aromatic N) is 1. The number of rotatable bonds is 5. The van der Waals surface area contributed by atoms with Gasteiger partial charge >= 0.3 is 0 Å². The molecule has 1 fully saturated rings. The summed E-state index contributed by atoms with van der Waals surface area (Å²) in [6.45, 7) is 6.99. The minimum absolute atomic E-state index is 0. The molecular weight excluding hydrogens is 288 g/mol. The maximum atomic E-state index is 12.5. The molecule has 21 heavy (non-hydrogen) atoms. The second-order valence-electron chi connectivity index (χ2n) is 5.53. The SMILES string of the molecule is CC(C)N(Cc1ccccc1)C(=O)CC1COCCN1.Cl. The third kappa shape index (κ3) is 5.65. The lowest BCUT2D eigenvalue weighted by Gasteiger charge is -2.30. The highest BCUT2D eigenvalue weighted by atomic mass is 35.5. The van der Waals surface area contributed by atoms with Crippen LogP contribution in [0.15, 0.2) is 30.3 Å². The summed E-state index contributed by atoms with van der Waals surface area (Å²) in [4.78, 5) is 14.4. The summed E-state index contributed by atoms with van der Waals surface area (Å²) in [5, 5.41) is 3.34. The molecule has 1 aliphatic rings. The molecule has 1 unspecified atom stereocenters. The van der Waals surface area contributed by atoms with Crippen molar-refractivity contribution in [2.24, 2.45) is 0 Å². The molecule has 0 aliphatic carbocycles. The van der Waals surface area contributed by atoms with Crippen LogP contribution in [0.5, 0.6) is 0 Å². The molecule has 118 valence electrons. The quantitative estimate of drug-likeness (QED) is 0.906. The average Bonchev–Trinajstić information content (AvgIpc) is 2.46. The maximum Gasteiger partial charge on any atom is 0.224 e. The van der Waals surface area contributed by atoms with E-state index in [2.05, 4.69) is 31.3 Å². The van der Waals surface area contributed by atoms with Crippen molar-refractivity contribution in [3.05, 3.63) is 35.9 Å². The van der Waals surface area contributed by atoms with Crippen LogP contribution in [-0.2, 0) is 16.1 Å². The van der Waals surface area contributed by atoms with Gasteiger partial charge in [0.05, 0.1) is 13.2 Å². The van der Waals surface area contributed by atoms with Crippen molar-refractivity contribution >= 4 is 18.3 Å². The summed E-state index contributed by atoms with van der Waals surface area (Å²) in [5.74, 6) is 0.187. The first-order valence-electron chi connectivity index (χ1n) is 7.31. The van der Waals surface area contributed by atoms with Gasteiger partial charge in [-0.3, -0.25) is 4.79 Å². The van der Waals surface area contributed by atoms with E-state index in [1.165, 1.54) is 5.56 Å². The molecule has 1 atom stereocenters. The van der Waals surface area contributed by atoms with Gasteiger partial charge in [-0.25, -0.2) is 0 Å². The van der Waals surface area contributed by atoms with Crippen molar-refractivity contribution in [3.63, 3.8) is 0 Å². The van der Waals surface area contributed by atoms with E-state index in [1.807, 2.05) is 23.1 Å². The molecule has 0 radical (unpaired) electrons. The summed E-state index contributed by atoms with van der Waals surface area (Å²) in [5.41, 5.74) is 1.17. The van der Waals surface area contributed by atoms with Crippen molar-refractivity contribution in [2.45, 2.75) is 38.9 Å². The van der Waals surface area contributed by atoms with Gasteiger partial charge in [-0.1, -0.05) is 30.3 Å². The Morgan fingerprint density at radius 2 is 2.10 bits per heavy atom. The predicted octanol–water partition coefficient (Wildman–Crippen LogP) is 2.22. The van der Waals surface area contributed by atoms with E-state index in [0.717, 1.165) is 13.2 Å². The number of benzene rings is 1. The topological polar surface area (TPSA) is 41.6 Å². The highest BCUT2D eigenvalue weighted by molar-refractivity contribution is 5.85. The van der Waals surface area contributed by atoms with Crippen molar-refractivity contribution in [2.75, 3.05) is 19.8 Å². The highest BCUT2D eigenvalue weighted by Crippen LogP contribution is 2.11. The molecule has 2 rings (SSSR count). The molecule has 4 nitrogen and oxygen atoms in total. The summed E-state index contributed by atoms with van der Waals surface area (Å²) >= 11 is 0. The molecule has 1 aliphatic heterocycles. The van der Waals surface area contributed by atoms with Crippen LogP contribution in [-0.4, -0.2) is 42.6 Å². The van der Waals surface area contributed by atoms with Gasteiger partial charge in [-0.2, -0.15) is 0 Å². The van der Waals surface area contributed by atoms with E-state index in [9.17, 15) is 4.79 Å². The fourth-order valence-electron chi connectivity index (χ4n) is 2.42. The Hall–Kier alpha value is -1.10. The van der Waals surface area contributed by atoms with Crippen LogP contribution in [0.25, 0.3) is 0 Å². The lowest BCUT2D eigenvalue weighted by Crippen LogP contribution is -2.46. The number of hydrogen-bond acceptors (Lipinski definition) is 3. The summed E-state index contributed by atoms with van der Waals surface area (Å²) in [7, 11) is 0. The molecule has 0 spiro atoms. The van der Waals surface area contributed by atoms with Crippen molar-refractivity contribution in [1.82, 2.24) is 10.2 Å². The second kappa shape index (κ2) is 9.03. The Morgan fingerprint density at radius 3 is 2.67 bits per heavy atom. The zero-order valence-corrected chi connectivity index (χ0v) is 13.6. The van der Waals surface area contributed by atoms with Crippen LogP contribution in [0.1, 0.15) is 25.8 Å². The van der Waals surface area contributed by atoms with E-state index < -0.39 is 0 Å². The summed E-state index contributed by atoms with van der Waals surface area (Å²) in [6, 6.07) is 10.5. The van der Waals surface area contributed by atoms with E-state index in [0.29, 0.717) is 19.6 Å². The van der Waals surface area contributed by atoms with Gasteiger partial charge in [0.1, 0.15) is 0 Å². The highest BCUT2D eigenvalue weighted by Gasteiger charge is 2.22. The molecular formula is C16H25ClN2O2. The number of halogens is 1. The fourth-order valence-corrected chi connectivity index (χ4v) is 2.42. The molecule has 1 saturated heterocycles. The Kier molecular flexibility index (Phi) is 7.72. The molecule has 1 amide bonds. The number of amides is 1. The summed E-state index contributed by atoms with van der Waals surface area (Å²) < 4.78 is 5.41. The molecule has 1 aromatic rings. The van der Waals surface area contributed by atoms with Gasteiger partial charge in [0.25, 0.3) is 0 Å². The minimum atomic E-state index is 0. The fraction of sp³-hybridized carbons (Fsp3) is 0.562. The first-order chi connectivity index (χ1) is 9.66.